The van der Waals surface area contributed by atoms with Crippen molar-refractivity contribution in [2.45, 2.75) is 6.42 Å². The van der Waals surface area contributed by atoms with E-state index in [9.17, 15) is 15.0 Å². The second kappa shape index (κ2) is 4.66. The lowest BCUT2D eigenvalue weighted by Crippen LogP contribution is -2.00. The maximum Gasteiger partial charge on any atom is 0.167 e. The molecule has 0 fully saturated rings. The van der Waals surface area contributed by atoms with E-state index >= 15 is 0 Å². The molecule has 0 radical (unpaired) electrons. The monoisotopic (exact) mass is 278 g/mol. The number of hydrogen-bond donors (Lipinski definition) is 2. The Morgan fingerprint density at radius 1 is 1.36 bits per heavy atom. The van der Waals surface area contributed by atoms with Crippen LogP contribution in [0.25, 0.3) is 0 Å². The summed E-state index contributed by atoms with van der Waals surface area (Å²) in [6.07, 6.45) is 0.159. The molecular weight excluding hydrogens is 271 g/mol. The molecule has 0 bridgehead atoms. The van der Waals surface area contributed by atoms with Crippen LogP contribution < -0.4 is 0 Å². The Labute approximate surface area is 94.4 Å². The topological polar surface area (TPSA) is 57.5 Å². The summed E-state index contributed by atoms with van der Waals surface area (Å²) in [6.45, 7) is 0. The summed E-state index contributed by atoms with van der Waals surface area (Å²) in [4.78, 5) is 11.4. The van der Waals surface area contributed by atoms with Crippen LogP contribution in [0.3, 0.4) is 0 Å². The highest BCUT2D eigenvalue weighted by atomic mass is 79.9. The van der Waals surface area contributed by atoms with Crippen LogP contribution in [0.1, 0.15) is 16.8 Å². The number of benzene rings is 1. The number of aromatic hydroxyl groups is 2. The van der Waals surface area contributed by atoms with Gasteiger partial charge in [-0.25, -0.2) is 0 Å². The third-order valence-electron chi connectivity index (χ3n) is 1.69. The maximum atomic E-state index is 11.4. The smallest absolute Gasteiger partial charge is 0.167 e. The second-order valence-corrected chi connectivity index (χ2v) is 3.92. The van der Waals surface area contributed by atoms with E-state index in [4.69, 9.17) is 11.6 Å². The van der Waals surface area contributed by atoms with Gasteiger partial charge in [0.25, 0.3) is 0 Å². The molecule has 76 valence electrons. The Morgan fingerprint density at radius 3 is 2.57 bits per heavy atom. The van der Waals surface area contributed by atoms with Gasteiger partial charge in [0.15, 0.2) is 5.78 Å². The average molecular weight is 280 g/mol. The number of phenols is 2. The predicted octanol–water partition coefficient (Wildman–Crippen LogP) is 2.67. The molecule has 0 aliphatic rings. The van der Waals surface area contributed by atoms with Crippen molar-refractivity contribution < 1.29 is 15.0 Å². The number of halogens is 2. The quantitative estimate of drug-likeness (QED) is 0.660. The summed E-state index contributed by atoms with van der Waals surface area (Å²) < 4.78 is 0.369. The van der Waals surface area contributed by atoms with E-state index < -0.39 is 0 Å². The molecule has 0 unspecified atom stereocenters. The molecule has 0 aromatic heterocycles. The number of phenolic OH excluding ortho intramolecular Hbond substituents is 2. The first-order valence-corrected chi connectivity index (χ1v) is 5.19. The molecule has 0 saturated carbocycles. The molecular formula is C9H8BrClO3. The first-order chi connectivity index (χ1) is 6.56. The van der Waals surface area contributed by atoms with E-state index in [0.717, 1.165) is 6.07 Å². The zero-order valence-electron chi connectivity index (χ0n) is 7.13. The fourth-order valence-electron chi connectivity index (χ4n) is 0.995. The molecule has 0 saturated heterocycles. The third-order valence-corrected chi connectivity index (χ3v) is 2.51. The molecule has 1 aromatic rings. The van der Waals surface area contributed by atoms with E-state index in [0.29, 0.717) is 4.47 Å². The minimum absolute atomic E-state index is 0.107. The number of alkyl halides is 1. The van der Waals surface area contributed by atoms with Crippen molar-refractivity contribution >= 4 is 33.3 Å². The van der Waals surface area contributed by atoms with Gasteiger partial charge in [-0.2, -0.15) is 0 Å². The lowest BCUT2D eigenvalue weighted by Gasteiger charge is -2.04. The minimum Gasteiger partial charge on any atom is -0.507 e. The van der Waals surface area contributed by atoms with Gasteiger partial charge in [0.05, 0.1) is 10.0 Å². The second-order valence-electron chi connectivity index (χ2n) is 2.68. The zero-order chi connectivity index (χ0) is 10.7. The number of rotatable bonds is 3. The van der Waals surface area contributed by atoms with Gasteiger partial charge in [0.2, 0.25) is 0 Å². The van der Waals surface area contributed by atoms with E-state index in [1.807, 2.05) is 0 Å². The SMILES string of the molecule is O=C(CCCl)c1cc(Br)c(O)cc1O. The molecule has 2 N–H and O–H groups in total. The number of hydrogen-bond acceptors (Lipinski definition) is 3. The summed E-state index contributed by atoms with van der Waals surface area (Å²) in [6, 6.07) is 2.49. The standard InChI is InChI=1S/C9H8BrClO3/c10-6-3-5(7(12)1-2-11)8(13)4-9(6)14/h3-4,13-14H,1-2H2. The van der Waals surface area contributed by atoms with Gasteiger partial charge in [-0.15, -0.1) is 11.6 Å². The molecule has 1 rings (SSSR count). The van der Waals surface area contributed by atoms with Gasteiger partial charge < -0.3 is 10.2 Å². The van der Waals surface area contributed by atoms with Crippen LogP contribution >= 0.6 is 27.5 Å². The number of carbonyl (C=O) groups excluding carboxylic acids is 1. The number of ketones is 1. The van der Waals surface area contributed by atoms with E-state index in [1.54, 1.807) is 0 Å². The molecule has 0 aliphatic carbocycles. The third kappa shape index (κ3) is 2.39. The lowest BCUT2D eigenvalue weighted by atomic mass is 10.1. The number of carbonyl (C=O) groups is 1. The van der Waals surface area contributed by atoms with Gasteiger partial charge in [0, 0.05) is 18.4 Å². The summed E-state index contributed by atoms with van der Waals surface area (Å²) in [7, 11) is 0. The lowest BCUT2D eigenvalue weighted by molar-refractivity contribution is 0.0986. The van der Waals surface area contributed by atoms with Gasteiger partial charge >= 0.3 is 0 Å². The first kappa shape index (κ1) is 11.3. The first-order valence-electron chi connectivity index (χ1n) is 3.87. The van der Waals surface area contributed by atoms with Gasteiger partial charge in [-0.3, -0.25) is 4.79 Å². The van der Waals surface area contributed by atoms with Crippen LogP contribution in [0.5, 0.6) is 11.5 Å². The van der Waals surface area contributed by atoms with Crippen LogP contribution in [0, 0.1) is 0 Å². The van der Waals surface area contributed by atoms with Crippen molar-refractivity contribution in [1.29, 1.82) is 0 Å². The fourth-order valence-corrected chi connectivity index (χ4v) is 1.51. The zero-order valence-corrected chi connectivity index (χ0v) is 9.47. The predicted molar refractivity (Wildman–Crippen MR) is 57.1 cm³/mol. The Morgan fingerprint density at radius 2 is 2.00 bits per heavy atom. The summed E-state index contributed by atoms with van der Waals surface area (Å²) in [5.41, 5.74) is 0.162. The molecule has 0 heterocycles. The molecule has 1 aromatic carbocycles. The highest BCUT2D eigenvalue weighted by molar-refractivity contribution is 9.10. The van der Waals surface area contributed by atoms with Gasteiger partial charge in [-0.1, -0.05) is 0 Å². The molecule has 0 amide bonds. The summed E-state index contributed by atoms with van der Waals surface area (Å²) in [5, 5.41) is 18.6. The highest BCUT2D eigenvalue weighted by Gasteiger charge is 2.13. The van der Waals surface area contributed by atoms with Crippen molar-refractivity contribution in [1.82, 2.24) is 0 Å². The van der Waals surface area contributed by atoms with Crippen LogP contribution in [0.4, 0.5) is 0 Å². The van der Waals surface area contributed by atoms with Crippen molar-refractivity contribution in [3.63, 3.8) is 0 Å². The molecule has 5 heteroatoms. The normalized spacial score (nSPS) is 10.1. The maximum absolute atomic E-state index is 11.4. The summed E-state index contributed by atoms with van der Waals surface area (Å²) >= 11 is 8.46. The van der Waals surface area contributed by atoms with Crippen molar-refractivity contribution in [2.24, 2.45) is 0 Å². The minimum atomic E-state index is -0.252. The molecule has 14 heavy (non-hydrogen) atoms. The Hall–Kier alpha value is -0.740. The largest absolute Gasteiger partial charge is 0.507 e. The van der Waals surface area contributed by atoms with Crippen LogP contribution in [-0.4, -0.2) is 21.9 Å². The van der Waals surface area contributed by atoms with Crippen LogP contribution in [0.2, 0.25) is 0 Å². The van der Waals surface area contributed by atoms with E-state index in [-0.39, 0.29) is 35.1 Å². The highest BCUT2D eigenvalue weighted by Crippen LogP contribution is 2.31. The Bertz CT molecular complexity index is 365. The molecule has 3 nitrogen and oxygen atoms in total. The molecule has 0 aliphatic heterocycles. The van der Waals surface area contributed by atoms with Crippen molar-refractivity contribution in [3.8, 4) is 11.5 Å². The Kier molecular flexibility index (Phi) is 3.77. The molecule has 0 spiro atoms. The Balaban J connectivity index is 3.09. The van der Waals surface area contributed by atoms with E-state index in [1.165, 1.54) is 6.07 Å². The fraction of sp³-hybridized carbons (Fsp3) is 0.222. The van der Waals surface area contributed by atoms with Crippen molar-refractivity contribution in [2.75, 3.05) is 5.88 Å². The number of Topliss-reactive ketones (excluding diaryl/α,β-unsaturated/α-hetero) is 1. The van der Waals surface area contributed by atoms with Gasteiger partial charge in [-0.05, 0) is 22.0 Å². The van der Waals surface area contributed by atoms with Crippen LogP contribution in [-0.2, 0) is 0 Å². The van der Waals surface area contributed by atoms with E-state index in [2.05, 4.69) is 15.9 Å². The summed E-state index contributed by atoms with van der Waals surface area (Å²) in [5.74, 6) is -0.388. The van der Waals surface area contributed by atoms with Gasteiger partial charge in [0.1, 0.15) is 11.5 Å². The molecule has 0 atom stereocenters. The average Bonchev–Trinajstić information content (AvgIpc) is 2.11. The van der Waals surface area contributed by atoms with Crippen LogP contribution in [0.15, 0.2) is 16.6 Å². The van der Waals surface area contributed by atoms with Crippen molar-refractivity contribution in [3.05, 3.63) is 22.2 Å².